The highest BCUT2D eigenvalue weighted by Crippen LogP contribution is 2.28. The van der Waals surface area contributed by atoms with Gasteiger partial charge >= 0.3 is 0 Å². The van der Waals surface area contributed by atoms with Crippen LogP contribution in [0.3, 0.4) is 0 Å². The van der Waals surface area contributed by atoms with Crippen molar-refractivity contribution in [2.24, 2.45) is 5.73 Å². The molecule has 3 heteroatoms. The molecule has 1 saturated heterocycles. The fraction of sp³-hybridized carbons (Fsp3) is 0.600. The van der Waals surface area contributed by atoms with Crippen molar-refractivity contribution in [2.45, 2.75) is 45.1 Å². The average molecular weight is 267 g/mol. The highest BCUT2D eigenvalue weighted by molar-refractivity contribution is 6.30. The Labute approximate surface area is 115 Å². The van der Waals surface area contributed by atoms with E-state index in [1.807, 2.05) is 6.07 Å². The number of benzene rings is 1. The van der Waals surface area contributed by atoms with Gasteiger partial charge in [-0.15, -0.1) is 0 Å². The first kappa shape index (κ1) is 13.7. The average Bonchev–Trinajstić information content (AvgIpc) is 2.59. The van der Waals surface area contributed by atoms with Gasteiger partial charge in [-0.05, 0) is 43.9 Å². The molecule has 1 aromatic rings. The highest BCUT2D eigenvalue weighted by atomic mass is 35.5. The molecule has 0 bridgehead atoms. The molecule has 0 radical (unpaired) electrons. The Balaban J connectivity index is 2.24. The van der Waals surface area contributed by atoms with Crippen LogP contribution >= 0.6 is 11.6 Å². The molecule has 0 amide bonds. The second-order valence-electron chi connectivity index (χ2n) is 5.36. The van der Waals surface area contributed by atoms with Gasteiger partial charge in [0.2, 0.25) is 0 Å². The van der Waals surface area contributed by atoms with Crippen LogP contribution < -0.4 is 10.6 Å². The minimum atomic E-state index is 0.192. The van der Waals surface area contributed by atoms with Crippen LogP contribution in [-0.2, 0) is 6.42 Å². The molecule has 18 heavy (non-hydrogen) atoms. The summed E-state index contributed by atoms with van der Waals surface area (Å²) in [6.07, 6.45) is 6.18. The van der Waals surface area contributed by atoms with Gasteiger partial charge in [-0.25, -0.2) is 0 Å². The van der Waals surface area contributed by atoms with Crippen LogP contribution in [0.5, 0.6) is 0 Å². The van der Waals surface area contributed by atoms with Crippen LogP contribution in [-0.4, -0.2) is 19.1 Å². The van der Waals surface area contributed by atoms with Crippen molar-refractivity contribution in [3.05, 3.63) is 28.8 Å². The normalized spacial score (nSPS) is 18.5. The van der Waals surface area contributed by atoms with Gasteiger partial charge in [-0.1, -0.05) is 30.5 Å². The number of hydrogen-bond acceptors (Lipinski definition) is 2. The van der Waals surface area contributed by atoms with Gasteiger partial charge in [0, 0.05) is 29.8 Å². The number of rotatable bonds is 3. The summed E-state index contributed by atoms with van der Waals surface area (Å²) in [6, 6.07) is 6.40. The molecule has 100 valence electrons. The van der Waals surface area contributed by atoms with E-state index in [0.717, 1.165) is 24.5 Å². The number of halogens is 1. The molecule has 2 N–H and O–H groups in total. The van der Waals surface area contributed by atoms with Gasteiger partial charge < -0.3 is 10.6 Å². The van der Waals surface area contributed by atoms with Gasteiger partial charge in [0.1, 0.15) is 0 Å². The van der Waals surface area contributed by atoms with Gasteiger partial charge in [0.25, 0.3) is 0 Å². The van der Waals surface area contributed by atoms with Crippen molar-refractivity contribution < 1.29 is 0 Å². The minimum Gasteiger partial charge on any atom is -0.371 e. The summed E-state index contributed by atoms with van der Waals surface area (Å²) in [7, 11) is 0. The van der Waals surface area contributed by atoms with E-state index in [9.17, 15) is 0 Å². The first-order valence-electron chi connectivity index (χ1n) is 6.96. The van der Waals surface area contributed by atoms with Crippen LogP contribution in [0.1, 0.15) is 38.2 Å². The Bertz CT molecular complexity index is 382. The minimum absolute atomic E-state index is 0.192. The zero-order chi connectivity index (χ0) is 13.0. The van der Waals surface area contributed by atoms with Gasteiger partial charge in [-0.3, -0.25) is 0 Å². The second kappa shape index (κ2) is 6.44. The van der Waals surface area contributed by atoms with Gasteiger partial charge in [0.05, 0.1) is 0 Å². The first-order valence-corrected chi connectivity index (χ1v) is 7.33. The Morgan fingerprint density at radius 3 is 2.50 bits per heavy atom. The standard InChI is InChI=1S/C15H23ClN2/c1-12(17)10-13-6-7-14(16)11-15(13)18-8-4-2-3-5-9-18/h6-7,11-12H,2-5,8-10,17H2,1H3. The molecule has 0 spiro atoms. The molecule has 1 unspecified atom stereocenters. The molecule has 1 atom stereocenters. The van der Waals surface area contributed by atoms with E-state index in [4.69, 9.17) is 17.3 Å². The fourth-order valence-electron chi connectivity index (χ4n) is 2.66. The molecular formula is C15H23ClN2. The summed E-state index contributed by atoms with van der Waals surface area (Å²) in [5.41, 5.74) is 8.56. The number of nitrogens with two attached hydrogens (primary N) is 1. The number of nitrogens with zero attached hydrogens (tertiary/aromatic N) is 1. The topological polar surface area (TPSA) is 29.3 Å². The monoisotopic (exact) mass is 266 g/mol. The summed E-state index contributed by atoms with van der Waals surface area (Å²) in [5.74, 6) is 0. The molecule has 1 heterocycles. The van der Waals surface area contributed by atoms with E-state index in [1.165, 1.54) is 36.9 Å². The van der Waals surface area contributed by atoms with Crippen LogP contribution in [0.25, 0.3) is 0 Å². The highest BCUT2D eigenvalue weighted by Gasteiger charge is 2.14. The third-order valence-corrected chi connectivity index (χ3v) is 3.77. The third kappa shape index (κ3) is 3.63. The lowest BCUT2D eigenvalue weighted by molar-refractivity contribution is 0.726. The van der Waals surface area contributed by atoms with Crippen molar-refractivity contribution in [3.8, 4) is 0 Å². The molecule has 1 fully saturated rings. The van der Waals surface area contributed by atoms with Crippen molar-refractivity contribution in [3.63, 3.8) is 0 Å². The summed E-state index contributed by atoms with van der Waals surface area (Å²) in [5, 5.41) is 0.822. The van der Waals surface area contributed by atoms with Crippen LogP contribution in [0.4, 0.5) is 5.69 Å². The summed E-state index contributed by atoms with van der Waals surface area (Å²) >= 11 is 6.16. The maximum atomic E-state index is 6.16. The van der Waals surface area contributed by atoms with Crippen LogP contribution in [0, 0.1) is 0 Å². The predicted molar refractivity (Wildman–Crippen MR) is 79.5 cm³/mol. The summed E-state index contributed by atoms with van der Waals surface area (Å²) in [4.78, 5) is 2.48. The zero-order valence-corrected chi connectivity index (χ0v) is 11.9. The van der Waals surface area contributed by atoms with Crippen LogP contribution in [0.2, 0.25) is 5.02 Å². The summed E-state index contributed by atoms with van der Waals surface area (Å²) < 4.78 is 0. The summed E-state index contributed by atoms with van der Waals surface area (Å²) in [6.45, 7) is 4.35. The van der Waals surface area contributed by atoms with Gasteiger partial charge in [-0.2, -0.15) is 0 Å². The lowest BCUT2D eigenvalue weighted by Gasteiger charge is -2.26. The maximum absolute atomic E-state index is 6.16. The third-order valence-electron chi connectivity index (χ3n) is 3.54. The molecule has 0 saturated carbocycles. The van der Waals surface area contributed by atoms with E-state index in [-0.39, 0.29) is 6.04 Å². The molecule has 0 aromatic heterocycles. The first-order chi connectivity index (χ1) is 8.66. The largest absolute Gasteiger partial charge is 0.371 e. The van der Waals surface area contributed by atoms with Crippen molar-refractivity contribution >= 4 is 17.3 Å². The molecule has 1 aliphatic heterocycles. The maximum Gasteiger partial charge on any atom is 0.0426 e. The van der Waals surface area contributed by atoms with E-state index in [2.05, 4.69) is 24.0 Å². The smallest absolute Gasteiger partial charge is 0.0426 e. The molecule has 2 nitrogen and oxygen atoms in total. The molecule has 1 aliphatic rings. The molecule has 0 aliphatic carbocycles. The van der Waals surface area contributed by atoms with Gasteiger partial charge in [0.15, 0.2) is 0 Å². The Hall–Kier alpha value is -0.730. The van der Waals surface area contributed by atoms with Crippen molar-refractivity contribution in [1.82, 2.24) is 0 Å². The van der Waals surface area contributed by atoms with E-state index < -0.39 is 0 Å². The SMILES string of the molecule is CC(N)Cc1ccc(Cl)cc1N1CCCCCC1. The molecule has 2 rings (SSSR count). The van der Waals surface area contributed by atoms with E-state index in [1.54, 1.807) is 0 Å². The van der Waals surface area contributed by atoms with E-state index >= 15 is 0 Å². The molecule has 1 aromatic carbocycles. The zero-order valence-electron chi connectivity index (χ0n) is 11.2. The molecular weight excluding hydrogens is 244 g/mol. The van der Waals surface area contributed by atoms with Crippen molar-refractivity contribution in [1.29, 1.82) is 0 Å². The van der Waals surface area contributed by atoms with E-state index in [0.29, 0.717) is 0 Å². The number of anilines is 1. The Morgan fingerprint density at radius 2 is 1.89 bits per heavy atom. The second-order valence-corrected chi connectivity index (χ2v) is 5.79. The van der Waals surface area contributed by atoms with Crippen molar-refractivity contribution in [2.75, 3.05) is 18.0 Å². The number of hydrogen-bond donors (Lipinski definition) is 1. The fourth-order valence-corrected chi connectivity index (χ4v) is 2.83. The lowest BCUT2D eigenvalue weighted by atomic mass is 10.0. The quantitative estimate of drug-likeness (QED) is 0.906. The Morgan fingerprint density at radius 1 is 1.22 bits per heavy atom. The lowest BCUT2D eigenvalue weighted by Crippen LogP contribution is -2.26. The van der Waals surface area contributed by atoms with Crippen LogP contribution in [0.15, 0.2) is 18.2 Å². The predicted octanol–water partition coefficient (Wildman–Crippen LogP) is 3.61. The Kier molecular flexibility index (Phi) is 4.90.